The molecule has 0 radical (unpaired) electrons. The zero-order valence-corrected chi connectivity index (χ0v) is 11.7. The predicted molar refractivity (Wildman–Crippen MR) is 71.8 cm³/mol. The van der Waals surface area contributed by atoms with Gasteiger partial charge in [0, 0.05) is 25.1 Å². The van der Waals surface area contributed by atoms with Crippen LogP contribution in [-0.2, 0) is 6.54 Å². The molecule has 1 aromatic carbocycles. The molecular weight excluding hydrogens is 310 g/mol. The fourth-order valence-electron chi connectivity index (χ4n) is 1.36. The first-order valence-corrected chi connectivity index (χ1v) is 6.21. The molecule has 0 aliphatic heterocycles. The monoisotopic (exact) mass is 322 g/mol. The standard InChI is InChI=1S/C11H13BrF2N2S/c1-16(5-4-10(15)17)6-7-9(13)3-2-8(12)11(7)14/h2-3H,4-6H2,1H3,(H2,15,17). The van der Waals surface area contributed by atoms with E-state index in [2.05, 4.69) is 15.9 Å². The van der Waals surface area contributed by atoms with Crippen molar-refractivity contribution in [1.29, 1.82) is 0 Å². The Kier molecular flexibility index (Phi) is 5.42. The fourth-order valence-corrected chi connectivity index (χ4v) is 1.83. The van der Waals surface area contributed by atoms with Gasteiger partial charge in [-0.1, -0.05) is 12.2 Å². The van der Waals surface area contributed by atoms with Crippen LogP contribution in [0.1, 0.15) is 12.0 Å². The SMILES string of the molecule is CN(CCC(N)=S)Cc1c(F)ccc(Br)c1F. The molecule has 94 valence electrons. The van der Waals surface area contributed by atoms with Gasteiger partial charge in [-0.3, -0.25) is 0 Å². The molecule has 0 amide bonds. The summed E-state index contributed by atoms with van der Waals surface area (Å²) in [5, 5.41) is 0. The molecule has 2 nitrogen and oxygen atoms in total. The highest BCUT2D eigenvalue weighted by atomic mass is 79.9. The van der Waals surface area contributed by atoms with Crippen LogP contribution in [0.25, 0.3) is 0 Å². The van der Waals surface area contributed by atoms with Gasteiger partial charge in [-0.2, -0.15) is 0 Å². The summed E-state index contributed by atoms with van der Waals surface area (Å²) in [5.41, 5.74) is 5.41. The van der Waals surface area contributed by atoms with Gasteiger partial charge in [0.2, 0.25) is 0 Å². The van der Waals surface area contributed by atoms with Crippen LogP contribution < -0.4 is 5.73 Å². The van der Waals surface area contributed by atoms with Gasteiger partial charge in [-0.25, -0.2) is 8.78 Å². The zero-order valence-electron chi connectivity index (χ0n) is 9.34. The highest BCUT2D eigenvalue weighted by Crippen LogP contribution is 2.22. The van der Waals surface area contributed by atoms with Crippen molar-refractivity contribution in [3.63, 3.8) is 0 Å². The van der Waals surface area contributed by atoms with Crippen molar-refractivity contribution in [2.24, 2.45) is 5.73 Å². The van der Waals surface area contributed by atoms with Crippen LogP contribution >= 0.6 is 28.1 Å². The minimum Gasteiger partial charge on any atom is -0.393 e. The van der Waals surface area contributed by atoms with Gasteiger partial charge >= 0.3 is 0 Å². The largest absolute Gasteiger partial charge is 0.393 e. The molecule has 0 aromatic heterocycles. The summed E-state index contributed by atoms with van der Waals surface area (Å²) >= 11 is 7.78. The second kappa shape index (κ2) is 6.37. The smallest absolute Gasteiger partial charge is 0.144 e. The normalized spacial score (nSPS) is 10.9. The number of rotatable bonds is 5. The van der Waals surface area contributed by atoms with E-state index in [9.17, 15) is 8.78 Å². The van der Waals surface area contributed by atoms with E-state index < -0.39 is 11.6 Å². The average molecular weight is 323 g/mol. The van der Waals surface area contributed by atoms with Crippen LogP contribution in [-0.4, -0.2) is 23.5 Å². The molecule has 0 bridgehead atoms. The van der Waals surface area contributed by atoms with Crippen molar-refractivity contribution >= 4 is 33.1 Å². The maximum Gasteiger partial charge on any atom is 0.144 e. The third-order valence-corrected chi connectivity index (χ3v) is 3.12. The Bertz CT molecular complexity index is 426. The van der Waals surface area contributed by atoms with Gasteiger partial charge in [-0.05, 0) is 35.1 Å². The van der Waals surface area contributed by atoms with Crippen molar-refractivity contribution in [2.45, 2.75) is 13.0 Å². The Hall–Kier alpha value is -0.590. The molecule has 2 N–H and O–H groups in total. The Morgan fingerprint density at radius 2 is 2.12 bits per heavy atom. The molecular formula is C11H13BrF2N2S. The van der Waals surface area contributed by atoms with Crippen LogP contribution in [0.4, 0.5) is 8.78 Å². The number of halogens is 3. The summed E-state index contributed by atoms with van der Waals surface area (Å²) in [7, 11) is 1.76. The Morgan fingerprint density at radius 1 is 1.47 bits per heavy atom. The van der Waals surface area contributed by atoms with Crippen molar-refractivity contribution in [3.8, 4) is 0 Å². The predicted octanol–water partition coefficient (Wildman–Crippen LogP) is 2.84. The molecule has 1 rings (SSSR count). The number of nitrogens with two attached hydrogens (primary N) is 1. The van der Waals surface area contributed by atoms with E-state index in [4.69, 9.17) is 18.0 Å². The highest BCUT2D eigenvalue weighted by Gasteiger charge is 2.14. The molecule has 0 spiro atoms. The van der Waals surface area contributed by atoms with Gasteiger partial charge in [-0.15, -0.1) is 0 Å². The second-order valence-corrected chi connectivity index (χ2v) is 5.15. The number of nitrogens with zero attached hydrogens (tertiary/aromatic N) is 1. The van der Waals surface area contributed by atoms with Crippen LogP contribution in [0, 0.1) is 11.6 Å². The summed E-state index contributed by atoms with van der Waals surface area (Å²) < 4.78 is 27.4. The zero-order chi connectivity index (χ0) is 13.0. The summed E-state index contributed by atoms with van der Waals surface area (Å²) in [4.78, 5) is 2.17. The van der Waals surface area contributed by atoms with E-state index in [1.807, 2.05) is 0 Å². The minimum atomic E-state index is -0.563. The van der Waals surface area contributed by atoms with E-state index in [1.165, 1.54) is 12.1 Å². The lowest BCUT2D eigenvalue weighted by molar-refractivity contribution is 0.323. The van der Waals surface area contributed by atoms with Gasteiger partial charge in [0.15, 0.2) is 0 Å². The summed E-state index contributed by atoms with van der Waals surface area (Å²) in [6.07, 6.45) is 0.531. The van der Waals surface area contributed by atoms with Gasteiger partial charge in [0.05, 0.1) is 9.46 Å². The minimum absolute atomic E-state index is 0.0461. The number of benzene rings is 1. The first-order valence-electron chi connectivity index (χ1n) is 5.01. The molecule has 17 heavy (non-hydrogen) atoms. The number of hydrogen-bond acceptors (Lipinski definition) is 2. The Morgan fingerprint density at radius 3 is 2.71 bits per heavy atom. The van der Waals surface area contributed by atoms with Gasteiger partial charge in [0.25, 0.3) is 0 Å². The van der Waals surface area contributed by atoms with Crippen molar-refractivity contribution in [2.75, 3.05) is 13.6 Å². The molecule has 0 fully saturated rings. The second-order valence-electron chi connectivity index (χ2n) is 3.78. The van der Waals surface area contributed by atoms with Crippen LogP contribution in [0.15, 0.2) is 16.6 Å². The van der Waals surface area contributed by atoms with Gasteiger partial charge < -0.3 is 10.6 Å². The molecule has 6 heteroatoms. The quantitative estimate of drug-likeness (QED) is 0.667. The van der Waals surface area contributed by atoms with Crippen molar-refractivity contribution < 1.29 is 8.78 Å². The first kappa shape index (κ1) is 14.5. The lowest BCUT2D eigenvalue weighted by Crippen LogP contribution is -2.24. The van der Waals surface area contributed by atoms with Gasteiger partial charge in [0.1, 0.15) is 11.6 Å². The van der Waals surface area contributed by atoms with Crippen LogP contribution in [0.3, 0.4) is 0 Å². The van der Waals surface area contributed by atoms with E-state index in [1.54, 1.807) is 11.9 Å². The maximum atomic E-state index is 13.7. The molecule has 0 atom stereocenters. The average Bonchev–Trinajstić information content (AvgIpc) is 2.27. The Balaban J connectivity index is 2.74. The Labute approximate surface area is 113 Å². The molecule has 0 saturated carbocycles. The van der Waals surface area contributed by atoms with E-state index in [-0.39, 0.29) is 16.6 Å². The lowest BCUT2D eigenvalue weighted by Gasteiger charge is -2.17. The number of hydrogen-bond donors (Lipinski definition) is 1. The molecule has 0 aliphatic carbocycles. The first-order chi connectivity index (χ1) is 7.91. The summed E-state index contributed by atoms with van der Waals surface area (Å²) in [5.74, 6) is -1.11. The lowest BCUT2D eigenvalue weighted by atomic mass is 10.2. The van der Waals surface area contributed by atoms with Crippen molar-refractivity contribution in [1.82, 2.24) is 4.90 Å². The third-order valence-electron chi connectivity index (χ3n) is 2.31. The number of thiocarbonyl (C=S) groups is 1. The molecule has 0 heterocycles. The molecule has 0 aliphatic rings. The maximum absolute atomic E-state index is 13.7. The van der Waals surface area contributed by atoms with Crippen molar-refractivity contribution in [3.05, 3.63) is 33.8 Å². The fraction of sp³-hybridized carbons (Fsp3) is 0.364. The highest BCUT2D eigenvalue weighted by molar-refractivity contribution is 9.10. The molecule has 0 saturated heterocycles. The molecule has 0 unspecified atom stereocenters. The van der Waals surface area contributed by atoms with Crippen LogP contribution in [0.5, 0.6) is 0 Å². The van der Waals surface area contributed by atoms with E-state index >= 15 is 0 Å². The van der Waals surface area contributed by atoms with E-state index in [0.717, 1.165) is 0 Å². The third kappa shape index (κ3) is 4.29. The molecule has 1 aromatic rings. The van der Waals surface area contributed by atoms with Crippen LogP contribution in [0.2, 0.25) is 0 Å². The summed E-state index contributed by atoms with van der Waals surface area (Å²) in [6.45, 7) is 0.750. The summed E-state index contributed by atoms with van der Waals surface area (Å²) in [6, 6.07) is 2.59. The van der Waals surface area contributed by atoms with E-state index in [0.29, 0.717) is 18.0 Å². The topological polar surface area (TPSA) is 29.3 Å².